The Hall–Kier alpha value is -2.34. The molecule has 1 aromatic heterocycles. The van der Waals surface area contributed by atoms with Gasteiger partial charge in [0.1, 0.15) is 0 Å². The maximum Gasteiger partial charge on any atom is 0.319 e. The van der Waals surface area contributed by atoms with Crippen molar-refractivity contribution < 1.29 is 9.90 Å². The van der Waals surface area contributed by atoms with E-state index in [0.717, 1.165) is 5.56 Å². The number of hydrogen-bond donors (Lipinski definition) is 3. The Morgan fingerprint density at radius 1 is 1.39 bits per heavy atom. The summed E-state index contributed by atoms with van der Waals surface area (Å²) >= 11 is 0. The first-order valence-electron chi connectivity index (χ1n) is 7.70. The molecule has 124 valence electrons. The molecule has 1 aromatic carbocycles. The van der Waals surface area contributed by atoms with Crippen molar-refractivity contribution >= 4 is 11.7 Å². The molecular weight excluding hydrogens is 292 g/mol. The minimum Gasteiger partial charge on any atom is -0.388 e. The van der Waals surface area contributed by atoms with Crippen molar-refractivity contribution in [3.8, 4) is 0 Å². The van der Waals surface area contributed by atoms with Gasteiger partial charge in [0, 0.05) is 24.6 Å². The molecule has 0 aliphatic rings. The highest BCUT2D eigenvalue weighted by molar-refractivity contribution is 5.89. The van der Waals surface area contributed by atoms with Gasteiger partial charge in [0.15, 0.2) is 0 Å². The van der Waals surface area contributed by atoms with Crippen molar-refractivity contribution in [2.24, 2.45) is 5.92 Å². The zero-order valence-corrected chi connectivity index (χ0v) is 13.8. The average Bonchev–Trinajstić information content (AvgIpc) is 2.98. The van der Waals surface area contributed by atoms with Crippen LogP contribution in [-0.2, 0) is 6.54 Å². The Bertz CT molecular complexity index is 636. The molecule has 6 heteroatoms. The van der Waals surface area contributed by atoms with E-state index in [1.807, 2.05) is 55.1 Å². The molecule has 2 rings (SSSR count). The number of aromatic nitrogens is 2. The van der Waals surface area contributed by atoms with E-state index in [1.165, 1.54) is 0 Å². The standard InChI is InChI=1S/C17H24N4O2/c1-13(2)17(3,23)12-18-16(22)20-15-7-4-6-14(10-15)11-21-9-5-8-19-21/h4-10,13,23H,11-12H2,1-3H3,(H2,18,20,22). The van der Waals surface area contributed by atoms with Gasteiger partial charge in [0.05, 0.1) is 12.1 Å². The summed E-state index contributed by atoms with van der Waals surface area (Å²) in [5.41, 5.74) is 0.816. The van der Waals surface area contributed by atoms with Gasteiger partial charge < -0.3 is 15.7 Å². The second-order valence-electron chi connectivity index (χ2n) is 6.22. The first-order valence-corrected chi connectivity index (χ1v) is 7.70. The van der Waals surface area contributed by atoms with Gasteiger partial charge in [-0.1, -0.05) is 26.0 Å². The zero-order chi connectivity index (χ0) is 16.9. The van der Waals surface area contributed by atoms with Crippen LogP contribution in [0.4, 0.5) is 10.5 Å². The predicted molar refractivity (Wildman–Crippen MR) is 90.3 cm³/mol. The number of urea groups is 1. The number of carbonyl (C=O) groups excluding carboxylic acids is 1. The van der Waals surface area contributed by atoms with Crippen molar-refractivity contribution in [1.29, 1.82) is 0 Å². The van der Waals surface area contributed by atoms with Crippen LogP contribution in [0.25, 0.3) is 0 Å². The van der Waals surface area contributed by atoms with Gasteiger partial charge in [0.25, 0.3) is 0 Å². The normalized spacial score (nSPS) is 13.6. The molecule has 0 bridgehead atoms. The molecule has 1 unspecified atom stereocenters. The number of rotatable bonds is 6. The van der Waals surface area contributed by atoms with Crippen molar-refractivity contribution in [2.75, 3.05) is 11.9 Å². The van der Waals surface area contributed by atoms with Crippen molar-refractivity contribution in [3.63, 3.8) is 0 Å². The lowest BCUT2D eigenvalue weighted by Crippen LogP contribution is -2.45. The fourth-order valence-corrected chi connectivity index (χ4v) is 1.97. The SMILES string of the molecule is CC(C)C(C)(O)CNC(=O)Nc1cccc(Cn2cccn2)c1. The largest absolute Gasteiger partial charge is 0.388 e. The number of benzene rings is 1. The molecule has 3 N–H and O–H groups in total. The Balaban J connectivity index is 1.91. The van der Waals surface area contributed by atoms with E-state index in [9.17, 15) is 9.90 Å². The third-order valence-electron chi connectivity index (χ3n) is 3.94. The lowest BCUT2D eigenvalue weighted by Gasteiger charge is -2.27. The van der Waals surface area contributed by atoms with E-state index < -0.39 is 5.60 Å². The molecule has 0 aliphatic heterocycles. The van der Waals surface area contributed by atoms with E-state index in [4.69, 9.17) is 0 Å². The number of aliphatic hydroxyl groups is 1. The smallest absolute Gasteiger partial charge is 0.319 e. The lowest BCUT2D eigenvalue weighted by atomic mass is 9.93. The van der Waals surface area contributed by atoms with Gasteiger partial charge in [-0.2, -0.15) is 5.10 Å². The molecule has 6 nitrogen and oxygen atoms in total. The van der Waals surface area contributed by atoms with Crippen LogP contribution in [0.5, 0.6) is 0 Å². The number of nitrogens with one attached hydrogen (secondary N) is 2. The minimum absolute atomic E-state index is 0.0557. The highest BCUT2D eigenvalue weighted by Gasteiger charge is 2.25. The minimum atomic E-state index is -0.931. The summed E-state index contributed by atoms with van der Waals surface area (Å²) in [5.74, 6) is 0.0557. The second kappa shape index (κ2) is 7.28. The Kier molecular flexibility index (Phi) is 5.39. The lowest BCUT2D eigenvalue weighted by molar-refractivity contribution is 0.0170. The Labute approximate surface area is 136 Å². The molecule has 0 radical (unpaired) electrons. The van der Waals surface area contributed by atoms with Crippen LogP contribution >= 0.6 is 0 Å². The summed E-state index contributed by atoms with van der Waals surface area (Å²) in [4.78, 5) is 12.0. The van der Waals surface area contributed by atoms with Gasteiger partial charge in [0.2, 0.25) is 0 Å². The van der Waals surface area contributed by atoms with Gasteiger partial charge in [-0.25, -0.2) is 4.79 Å². The number of hydrogen-bond acceptors (Lipinski definition) is 3. The van der Waals surface area contributed by atoms with Crippen LogP contribution in [0.2, 0.25) is 0 Å². The third kappa shape index (κ3) is 5.10. The van der Waals surface area contributed by atoms with Crippen molar-refractivity contribution in [1.82, 2.24) is 15.1 Å². The first kappa shape index (κ1) is 17.0. The summed E-state index contributed by atoms with van der Waals surface area (Å²) in [6.45, 7) is 6.38. The van der Waals surface area contributed by atoms with Crippen molar-refractivity contribution in [3.05, 3.63) is 48.3 Å². The van der Waals surface area contributed by atoms with Crippen LogP contribution in [0.3, 0.4) is 0 Å². The molecule has 0 fully saturated rings. The molecular formula is C17H24N4O2. The van der Waals surface area contributed by atoms with Crippen molar-refractivity contribution in [2.45, 2.75) is 32.9 Å². The van der Waals surface area contributed by atoms with Crippen LogP contribution < -0.4 is 10.6 Å². The van der Waals surface area contributed by atoms with E-state index in [1.54, 1.807) is 13.1 Å². The number of nitrogens with zero attached hydrogens (tertiary/aromatic N) is 2. The van der Waals surface area contributed by atoms with Gasteiger partial charge in [-0.05, 0) is 36.6 Å². The fourth-order valence-electron chi connectivity index (χ4n) is 1.97. The molecule has 0 saturated heterocycles. The molecule has 1 heterocycles. The third-order valence-corrected chi connectivity index (χ3v) is 3.94. The topological polar surface area (TPSA) is 79.2 Å². The van der Waals surface area contributed by atoms with E-state index in [0.29, 0.717) is 12.2 Å². The van der Waals surface area contributed by atoms with E-state index >= 15 is 0 Å². The Morgan fingerprint density at radius 2 is 2.17 bits per heavy atom. The molecule has 0 aliphatic carbocycles. The van der Waals surface area contributed by atoms with E-state index in [-0.39, 0.29) is 18.5 Å². The maximum absolute atomic E-state index is 12.0. The van der Waals surface area contributed by atoms with E-state index in [2.05, 4.69) is 15.7 Å². The highest BCUT2D eigenvalue weighted by Crippen LogP contribution is 2.15. The summed E-state index contributed by atoms with van der Waals surface area (Å²) in [6, 6.07) is 9.14. The second-order valence-corrected chi connectivity index (χ2v) is 6.22. The number of carbonyl (C=O) groups is 1. The van der Waals surface area contributed by atoms with Crippen LogP contribution in [0.15, 0.2) is 42.7 Å². The summed E-state index contributed by atoms with van der Waals surface area (Å²) in [6.07, 6.45) is 3.62. The van der Waals surface area contributed by atoms with Crippen LogP contribution in [0, 0.1) is 5.92 Å². The summed E-state index contributed by atoms with van der Waals surface area (Å²) in [7, 11) is 0. The zero-order valence-electron chi connectivity index (χ0n) is 13.8. The number of anilines is 1. The monoisotopic (exact) mass is 316 g/mol. The Morgan fingerprint density at radius 3 is 2.83 bits per heavy atom. The molecule has 0 saturated carbocycles. The molecule has 23 heavy (non-hydrogen) atoms. The fraction of sp³-hybridized carbons (Fsp3) is 0.412. The summed E-state index contributed by atoms with van der Waals surface area (Å²) < 4.78 is 1.82. The summed E-state index contributed by atoms with van der Waals surface area (Å²) in [5, 5.41) is 19.8. The molecule has 2 amide bonds. The maximum atomic E-state index is 12.0. The predicted octanol–water partition coefficient (Wildman–Crippen LogP) is 2.46. The first-order chi connectivity index (χ1) is 10.9. The van der Waals surface area contributed by atoms with Gasteiger partial charge in [-0.15, -0.1) is 0 Å². The van der Waals surface area contributed by atoms with Crippen LogP contribution in [-0.4, -0.2) is 33.1 Å². The van der Waals surface area contributed by atoms with Gasteiger partial charge >= 0.3 is 6.03 Å². The van der Waals surface area contributed by atoms with Gasteiger partial charge in [-0.3, -0.25) is 4.68 Å². The highest BCUT2D eigenvalue weighted by atomic mass is 16.3. The van der Waals surface area contributed by atoms with Crippen LogP contribution in [0.1, 0.15) is 26.3 Å². The number of amides is 2. The average molecular weight is 316 g/mol. The molecule has 2 aromatic rings. The molecule has 1 atom stereocenters. The quantitative estimate of drug-likeness (QED) is 0.766. The molecule has 0 spiro atoms.